The second kappa shape index (κ2) is 8.91. The summed E-state index contributed by atoms with van der Waals surface area (Å²) in [4.78, 5) is 16.9. The smallest absolute Gasteiger partial charge is 0.306 e. The molecule has 0 radical (unpaired) electrons. The maximum Gasteiger partial charge on any atom is 0.306 e. The Morgan fingerprint density at radius 2 is 2.07 bits per heavy atom. The molecule has 4 heteroatoms. The van der Waals surface area contributed by atoms with E-state index in [0.29, 0.717) is 31.3 Å². The van der Waals surface area contributed by atoms with Crippen molar-refractivity contribution in [1.82, 2.24) is 4.98 Å². The zero-order valence-electron chi connectivity index (χ0n) is 17.5. The Kier molecular flexibility index (Phi) is 6.10. The van der Waals surface area contributed by atoms with E-state index in [1.54, 1.807) is 0 Å². The van der Waals surface area contributed by atoms with Gasteiger partial charge in [0.25, 0.3) is 0 Å². The highest BCUT2D eigenvalue weighted by Crippen LogP contribution is 2.44. The van der Waals surface area contributed by atoms with Gasteiger partial charge in [-0.1, -0.05) is 35.9 Å². The van der Waals surface area contributed by atoms with Gasteiger partial charge in [0.2, 0.25) is 0 Å². The standard InChI is InChI=1S/C25H30N2O2/c1-3-29-23(28)9-7-19-16-20-15-17(2)6-8-21(20)24(18-10-13-26-14-11-18)25-22(19)5-4-12-27-25/h4-6,8,12,15-16,18,24,26H,3,7,9-11,13-14H2,1-2H3/p+1. The summed E-state index contributed by atoms with van der Waals surface area (Å²) in [6.07, 6.45) is 7.71. The normalized spacial score (nSPS) is 19.0. The Bertz CT molecular complexity index is 913. The molecular weight excluding hydrogens is 360 g/mol. The van der Waals surface area contributed by atoms with E-state index in [-0.39, 0.29) is 5.97 Å². The number of esters is 1. The lowest BCUT2D eigenvalue weighted by Crippen LogP contribution is -2.86. The number of nitrogens with two attached hydrogens (primary N) is 1. The zero-order chi connectivity index (χ0) is 20.2. The van der Waals surface area contributed by atoms with Crippen LogP contribution < -0.4 is 5.32 Å². The number of hydrogen-bond donors (Lipinski definition) is 1. The SMILES string of the molecule is CCOC(=O)CCC1=Cc2cc(C)ccc2C(C2CC[NH2+]CC2)c2ncccc21. The molecule has 2 heterocycles. The summed E-state index contributed by atoms with van der Waals surface area (Å²) in [6, 6.07) is 11.0. The molecule has 1 atom stereocenters. The first-order valence-corrected chi connectivity index (χ1v) is 10.9. The number of ether oxygens (including phenoxy) is 1. The van der Waals surface area contributed by atoms with Gasteiger partial charge in [0, 0.05) is 31.4 Å². The predicted octanol–water partition coefficient (Wildman–Crippen LogP) is 3.69. The molecular formula is C25H31N2O2+. The molecule has 1 aromatic carbocycles. The van der Waals surface area contributed by atoms with E-state index in [1.165, 1.54) is 59.5 Å². The summed E-state index contributed by atoms with van der Waals surface area (Å²) in [6.45, 7) is 6.81. The maximum absolute atomic E-state index is 12.0. The number of quaternary nitrogens is 1. The van der Waals surface area contributed by atoms with Gasteiger partial charge in [-0.15, -0.1) is 0 Å². The van der Waals surface area contributed by atoms with Crippen LogP contribution in [0.3, 0.4) is 0 Å². The van der Waals surface area contributed by atoms with Crippen molar-refractivity contribution in [1.29, 1.82) is 0 Å². The van der Waals surface area contributed by atoms with E-state index in [0.717, 1.165) is 0 Å². The molecule has 2 N–H and O–H groups in total. The number of aryl methyl sites for hydroxylation is 1. The molecule has 1 saturated heterocycles. The summed E-state index contributed by atoms with van der Waals surface area (Å²) in [5.41, 5.74) is 7.49. The number of rotatable bonds is 5. The summed E-state index contributed by atoms with van der Waals surface area (Å²) < 4.78 is 5.17. The number of hydrogen-bond acceptors (Lipinski definition) is 3. The van der Waals surface area contributed by atoms with Gasteiger partial charge in [0.05, 0.1) is 25.4 Å². The molecule has 0 amide bonds. The number of fused-ring (bicyclic) bond motifs is 2. The predicted molar refractivity (Wildman–Crippen MR) is 115 cm³/mol. The Hall–Kier alpha value is -2.46. The third-order valence-corrected chi connectivity index (χ3v) is 6.24. The third kappa shape index (κ3) is 4.27. The molecule has 1 fully saturated rings. The minimum atomic E-state index is -0.132. The van der Waals surface area contributed by atoms with Gasteiger partial charge in [0.15, 0.2) is 0 Å². The Morgan fingerprint density at radius 3 is 2.86 bits per heavy atom. The van der Waals surface area contributed by atoms with Crippen LogP contribution in [0.25, 0.3) is 11.6 Å². The molecule has 29 heavy (non-hydrogen) atoms. The van der Waals surface area contributed by atoms with E-state index in [1.807, 2.05) is 19.2 Å². The lowest BCUT2D eigenvalue weighted by molar-refractivity contribution is -0.665. The molecule has 4 rings (SSSR count). The quantitative estimate of drug-likeness (QED) is 0.791. The van der Waals surface area contributed by atoms with Crippen molar-refractivity contribution in [2.75, 3.05) is 19.7 Å². The molecule has 1 aliphatic carbocycles. The van der Waals surface area contributed by atoms with Crippen LogP contribution in [0.15, 0.2) is 36.5 Å². The summed E-state index contributed by atoms with van der Waals surface area (Å²) in [7, 11) is 0. The Morgan fingerprint density at radius 1 is 1.24 bits per heavy atom. The first-order valence-electron chi connectivity index (χ1n) is 10.9. The van der Waals surface area contributed by atoms with Crippen molar-refractivity contribution >= 4 is 17.6 Å². The number of nitrogens with zero attached hydrogens (tertiary/aromatic N) is 1. The van der Waals surface area contributed by atoms with Gasteiger partial charge in [0.1, 0.15) is 0 Å². The van der Waals surface area contributed by atoms with Crippen molar-refractivity contribution < 1.29 is 14.8 Å². The molecule has 2 aliphatic rings. The average molecular weight is 392 g/mol. The molecule has 1 aromatic heterocycles. The number of benzene rings is 1. The van der Waals surface area contributed by atoms with Crippen LogP contribution in [-0.2, 0) is 9.53 Å². The fourth-order valence-electron chi connectivity index (χ4n) is 4.89. The second-order valence-corrected chi connectivity index (χ2v) is 8.22. The van der Waals surface area contributed by atoms with Gasteiger partial charge in [-0.25, -0.2) is 0 Å². The van der Waals surface area contributed by atoms with Crippen LogP contribution in [0.4, 0.5) is 0 Å². The van der Waals surface area contributed by atoms with E-state index >= 15 is 0 Å². The highest BCUT2D eigenvalue weighted by Gasteiger charge is 2.33. The molecule has 0 bridgehead atoms. The molecule has 1 unspecified atom stereocenters. The molecule has 1 aliphatic heterocycles. The fourth-order valence-corrected chi connectivity index (χ4v) is 4.89. The van der Waals surface area contributed by atoms with Gasteiger partial charge < -0.3 is 10.1 Å². The van der Waals surface area contributed by atoms with Crippen LogP contribution in [0.1, 0.15) is 66.5 Å². The monoisotopic (exact) mass is 391 g/mol. The van der Waals surface area contributed by atoms with Crippen molar-refractivity contribution in [2.24, 2.45) is 5.92 Å². The topological polar surface area (TPSA) is 55.8 Å². The van der Waals surface area contributed by atoms with Crippen LogP contribution in [0, 0.1) is 12.8 Å². The lowest BCUT2D eigenvalue weighted by atomic mass is 9.76. The van der Waals surface area contributed by atoms with Crippen LogP contribution in [-0.4, -0.2) is 30.6 Å². The van der Waals surface area contributed by atoms with E-state index in [2.05, 4.69) is 42.6 Å². The molecule has 0 saturated carbocycles. The highest BCUT2D eigenvalue weighted by molar-refractivity contribution is 5.87. The van der Waals surface area contributed by atoms with Crippen LogP contribution in [0.5, 0.6) is 0 Å². The fraction of sp³-hybridized carbons (Fsp3) is 0.440. The number of pyridine rings is 1. The number of aromatic nitrogens is 1. The van der Waals surface area contributed by atoms with Gasteiger partial charge >= 0.3 is 5.97 Å². The van der Waals surface area contributed by atoms with Gasteiger partial charge in [-0.3, -0.25) is 9.78 Å². The third-order valence-electron chi connectivity index (χ3n) is 6.24. The molecule has 152 valence electrons. The second-order valence-electron chi connectivity index (χ2n) is 8.22. The molecule has 4 nitrogen and oxygen atoms in total. The van der Waals surface area contributed by atoms with Crippen molar-refractivity contribution in [3.63, 3.8) is 0 Å². The van der Waals surface area contributed by atoms with Gasteiger partial charge in [-0.05, 0) is 54.5 Å². The first-order chi connectivity index (χ1) is 14.2. The number of carbonyl (C=O) groups is 1. The Labute approximate surface area is 173 Å². The van der Waals surface area contributed by atoms with Crippen LogP contribution >= 0.6 is 0 Å². The average Bonchev–Trinajstić information content (AvgIpc) is 2.87. The molecule has 0 spiro atoms. The minimum absolute atomic E-state index is 0.132. The first kappa shape index (κ1) is 19.8. The number of carbonyl (C=O) groups excluding carboxylic acids is 1. The summed E-state index contributed by atoms with van der Waals surface area (Å²) in [5.74, 6) is 0.784. The maximum atomic E-state index is 12.0. The summed E-state index contributed by atoms with van der Waals surface area (Å²) in [5, 5.41) is 2.42. The zero-order valence-corrected chi connectivity index (χ0v) is 17.5. The van der Waals surface area contributed by atoms with Gasteiger partial charge in [-0.2, -0.15) is 0 Å². The number of allylic oxidation sites excluding steroid dienone is 1. The minimum Gasteiger partial charge on any atom is -0.466 e. The van der Waals surface area contributed by atoms with E-state index in [9.17, 15) is 4.79 Å². The molecule has 2 aromatic rings. The van der Waals surface area contributed by atoms with Crippen molar-refractivity contribution in [3.8, 4) is 0 Å². The van der Waals surface area contributed by atoms with Crippen molar-refractivity contribution in [3.05, 3.63) is 64.5 Å². The van der Waals surface area contributed by atoms with E-state index < -0.39 is 0 Å². The summed E-state index contributed by atoms with van der Waals surface area (Å²) >= 11 is 0. The largest absolute Gasteiger partial charge is 0.466 e. The number of piperidine rings is 1. The Balaban J connectivity index is 1.79. The van der Waals surface area contributed by atoms with E-state index in [4.69, 9.17) is 9.72 Å². The van der Waals surface area contributed by atoms with Crippen molar-refractivity contribution in [2.45, 2.75) is 45.4 Å². The lowest BCUT2D eigenvalue weighted by Gasteiger charge is -2.30. The van der Waals surface area contributed by atoms with Crippen LogP contribution in [0.2, 0.25) is 0 Å². The highest BCUT2D eigenvalue weighted by atomic mass is 16.5.